The summed E-state index contributed by atoms with van der Waals surface area (Å²) in [5.41, 5.74) is 1.02. The molecule has 2 heterocycles. The Labute approximate surface area is 211 Å². The maximum atomic E-state index is 12.8. The van der Waals surface area contributed by atoms with Crippen LogP contribution in [0.1, 0.15) is 33.6 Å². The molecule has 10 heteroatoms. The highest BCUT2D eigenvalue weighted by Gasteiger charge is 2.37. The van der Waals surface area contributed by atoms with Gasteiger partial charge in [-0.05, 0) is 79.6 Å². The summed E-state index contributed by atoms with van der Waals surface area (Å²) in [6.45, 7) is 0.899. The SMILES string of the molecule is O=C1c2ccc(Oc3ccc(NS(=O)(=O)c4ccc(Br)cc4)cc3)cc2C(=O)N1CC1CCCO1. The highest BCUT2D eigenvalue weighted by atomic mass is 79.9. The van der Waals surface area contributed by atoms with Crippen molar-refractivity contribution in [1.82, 2.24) is 4.90 Å². The number of benzene rings is 3. The Kier molecular flexibility index (Phi) is 6.35. The lowest BCUT2D eigenvalue weighted by Gasteiger charge is -2.17. The second-order valence-corrected chi connectivity index (χ2v) is 10.8. The summed E-state index contributed by atoms with van der Waals surface area (Å²) < 4.78 is 39.8. The van der Waals surface area contributed by atoms with Crippen LogP contribution in [0.2, 0.25) is 0 Å². The van der Waals surface area contributed by atoms with Crippen molar-refractivity contribution in [3.63, 3.8) is 0 Å². The Morgan fingerprint density at radius 2 is 1.63 bits per heavy atom. The first-order chi connectivity index (χ1) is 16.8. The lowest BCUT2D eigenvalue weighted by atomic mass is 10.1. The molecule has 2 aliphatic heterocycles. The number of fused-ring (bicyclic) bond motifs is 1. The van der Waals surface area contributed by atoms with Gasteiger partial charge in [0.1, 0.15) is 11.5 Å². The van der Waals surface area contributed by atoms with Crippen molar-refractivity contribution in [2.24, 2.45) is 0 Å². The van der Waals surface area contributed by atoms with Crippen molar-refractivity contribution in [2.45, 2.75) is 23.8 Å². The number of imide groups is 1. The molecule has 0 aromatic heterocycles. The maximum absolute atomic E-state index is 12.8. The van der Waals surface area contributed by atoms with Crippen molar-refractivity contribution >= 4 is 43.5 Å². The fourth-order valence-electron chi connectivity index (χ4n) is 4.05. The first-order valence-corrected chi connectivity index (χ1v) is 13.3. The third kappa shape index (κ3) is 4.95. The van der Waals surface area contributed by atoms with Gasteiger partial charge >= 0.3 is 0 Å². The summed E-state index contributed by atoms with van der Waals surface area (Å²) in [6, 6.07) is 17.5. The van der Waals surface area contributed by atoms with Crippen LogP contribution in [0.25, 0.3) is 0 Å². The van der Waals surface area contributed by atoms with Crippen LogP contribution in [-0.4, -0.2) is 44.4 Å². The molecule has 35 heavy (non-hydrogen) atoms. The number of rotatable bonds is 7. The second-order valence-electron chi connectivity index (χ2n) is 8.25. The Morgan fingerprint density at radius 3 is 2.31 bits per heavy atom. The van der Waals surface area contributed by atoms with Gasteiger partial charge < -0.3 is 9.47 Å². The van der Waals surface area contributed by atoms with Gasteiger partial charge in [0.05, 0.1) is 28.7 Å². The average Bonchev–Trinajstić information content (AvgIpc) is 3.43. The number of sulfonamides is 1. The summed E-state index contributed by atoms with van der Waals surface area (Å²) in [5.74, 6) is 0.162. The molecule has 0 saturated carbocycles. The van der Waals surface area contributed by atoms with Gasteiger partial charge in [0.25, 0.3) is 21.8 Å². The molecule has 2 aliphatic rings. The molecule has 180 valence electrons. The van der Waals surface area contributed by atoms with Crippen LogP contribution < -0.4 is 9.46 Å². The van der Waals surface area contributed by atoms with E-state index in [0.717, 1.165) is 17.3 Å². The van der Waals surface area contributed by atoms with E-state index in [0.29, 0.717) is 34.9 Å². The topological polar surface area (TPSA) is 102 Å². The third-order valence-corrected chi connectivity index (χ3v) is 7.74. The van der Waals surface area contributed by atoms with Crippen molar-refractivity contribution in [3.05, 3.63) is 82.3 Å². The van der Waals surface area contributed by atoms with Gasteiger partial charge in [-0.3, -0.25) is 19.2 Å². The van der Waals surface area contributed by atoms with E-state index >= 15 is 0 Å². The fraction of sp³-hybridized carbons (Fsp3) is 0.200. The molecule has 3 aromatic rings. The van der Waals surface area contributed by atoms with Crippen molar-refractivity contribution < 1.29 is 27.5 Å². The number of carbonyl (C=O) groups excluding carboxylic acids is 2. The molecule has 1 saturated heterocycles. The molecular formula is C25H21BrN2O6S. The number of hydrogen-bond acceptors (Lipinski definition) is 6. The Balaban J connectivity index is 1.27. The van der Waals surface area contributed by atoms with Gasteiger partial charge in [-0.1, -0.05) is 15.9 Å². The summed E-state index contributed by atoms with van der Waals surface area (Å²) >= 11 is 3.29. The van der Waals surface area contributed by atoms with Crippen LogP contribution in [0.4, 0.5) is 5.69 Å². The molecular weight excluding hydrogens is 536 g/mol. The molecule has 0 spiro atoms. The third-order valence-electron chi connectivity index (χ3n) is 5.82. The van der Waals surface area contributed by atoms with Gasteiger partial charge in [0.15, 0.2) is 0 Å². The van der Waals surface area contributed by atoms with E-state index in [1.54, 1.807) is 54.6 Å². The average molecular weight is 557 g/mol. The quantitative estimate of drug-likeness (QED) is 0.418. The van der Waals surface area contributed by atoms with Crippen molar-refractivity contribution in [2.75, 3.05) is 17.9 Å². The van der Waals surface area contributed by atoms with Gasteiger partial charge in [0.2, 0.25) is 0 Å². The molecule has 1 N–H and O–H groups in total. The van der Waals surface area contributed by atoms with Crippen LogP contribution in [-0.2, 0) is 14.8 Å². The number of nitrogens with one attached hydrogen (secondary N) is 1. The van der Waals surface area contributed by atoms with Gasteiger partial charge in [-0.25, -0.2) is 8.42 Å². The number of anilines is 1. The molecule has 0 aliphatic carbocycles. The zero-order chi connectivity index (χ0) is 24.6. The number of hydrogen-bond donors (Lipinski definition) is 1. The molecule has 1 unspecified atom stereocenters. The largest absolute Gasteiger partial charge is 0.457 e. The van der Waals surface area contributed by atoms with Crippen LogP contribution in [0.15, 0.2) is 76.1 Å². The minimum atomic E-state index is -3.73. The fourth-order valence-corrected chi connectivity index (χ4v) is 5.37. The first-order valence-electron chi connectivity index (χ1n) is 11.0. The molecule has 2 amide bonds. The molecule has 0 radical (unpaired) electrons. The van der Waals surface area contributed by atoms with Gasteiger partial charge in [-0.2, -0.15) is 0 Å². The molecule has 8 nitrogen and oxygen atoms in total. The molecule has 0 bridgehead atoms. The van der Waals surface area contributed by atoms with Crippen LogP contribution in [0.5, 0.6) is 11.5 Å². The summed E-state index contributed by atoms with van der Waals surface area (Å²) in [6.07, 6.45) is 1.64. The minimum Gasteiger partial charge on any atom is -0.457 e. The number of nitrogens with zero attached hydrogens (tertiary/aromatic N) is 1. The minimum absolute atomic E-state index is 0.118. The normalized spacial score (nSPS) is 17.5. The van der Waals surface area contributed by atoms with E-state index in [1.807, 2.05) is 0 Å². The standard InChI is InChI=1S/C25H21BrN2O6S/c26-16-3-10-21(11-4-16)35(31,32)27-17-5-7-18(8-6-17)34-19-9-12-22-23(14-19)25(30)28(24(22)29)15-20-2-1-13-33-20/h3-12,14,20,27H,1-2,13,15H2. The number of carbonyl (C=O) groups is 2. The van der Waals surface area contributed by atoms with Gasteiger partial charge in [0, 0.05) is 16.8 Å². The molecule has 1 fully saturated rings. The molecule has 3 aromatic carbocycles. The van der Waals surface area contributed by atoms with Crippen LogP contribution in [0.3, 0.4) is 0 Å². The van der Waals surface area contributed by atoms with E-state index in [4.69, 9.17) is 9.47 Å². The van der Waals surface area contributed by atoms with Crippen molar-refractivity contribution in [3.8, 4) is 11.5 Å². The van der Waals surface area contributed by atoms with E-state index in [1.165, 1.54) is 17.0 Å². The zero-order valence-corrected chi connectivity index (χ0v) is 20.8. The Morgan fingerprint density at radius 1 is 0.943 bits per heavy atom. The Bertz CT molecular complexity index is 1380. The van der Waals surface area contributed by atoms with Crippen molar-refractivity contribution in [1.29, 1.82) is 0 Å². The van der Waals surface area contributed by atoms with E-state index in [-0.39, 0.29) is 29.4 Å². The number of halogens is 1. The highest BCUT2D eigenvalue weighted by Crippen LogP contribution is 2.31. The van der Waals surface area contributed by atoms with E-state index in [9.17, 15) is 18.0 Å². The zero-order valence-electron chi connectivity index (χ0n) is 18.4. The highest BCUT2D eigenvalue weighted by molar-refractivity contribution is 9.10. The summed E-state index contributed by atoms with van der Waals surface area (Å²) in [5, 5.41) is 0. The summed E-state index contributed by atoms with van der Waals surface area (Å²) in [7, 11) is -3.73. The predicted molar refractivity (Wildman–Crippen MR) is 132 cm³/mol. The predicted octanol–water partition coefficient (Wildman–Crippen LogP) is 4.82. The monoisotopic (exact) mass is 556 g/mol. The van der Waals surface area contributed by atoms with E-state index in [2.05, 4.69) is 20.7 Å². The second kappa shape index (κ2) is 9.44. The van der Waals surface area contributed by atoms with E-state index < -0.39 is 10.0 Å². The Hall–Kier alpha value is -3.21. The number of ether oxygens (including phenoxy) is 2. The smallest absolute Gasteiger partial charge is 0.261 e. The van der Waals surface area contributed by atoms with Crippen LogP contribution in [0, 0.1) is 0 Å². The first kappa shape index (κ1) is 23.5. The van der Waals surface area contributed by atoms with Gasteiger partial charge in [-0.15, -0.1) is 0 Å². The summed E-state index contributed by atoms with van der Waals surface area (Å²) in [4.78, 5) is 26.9. The van der Waals surface area contributed by atoms with Crippen LogP contribution >= 0.6 is 15.9 Å². The lowest BCUT2D eigenvalue weighted by Crippen LogP contribution is -2.36. The number of amides is 2. The maximum Gasteiger partial charge on any atom is 0.261 e. The lowest BCUT2D eigenvalue weighted by molar-refractivity contribution is 0.0475. The molecule has 1 atom stereocenters. The molecule has 5 rings (SSSR count).